The van der Waals surface area contributed by atoms with Crippen LogP contribution >= 0.6 is 45.2 Å². The molecule has 2 nitrogen and oxygen atoms in total. The second-order valence-electron chi connectivity index (χ2n) is 0.960. The molecule has 0 bridgehead atoms. The Hall–Kier alpha value is 1.46. The lowest BCUT2D eigenvalue weighted by molar-refractivity contribution is -0.135. The molecule has 1 N–H and O–H groups in total. The minimum Gasteiger partial charge on any atom is -0.480 e. The van der Waals surface area contributed by atoms with Crippen LogP contribution in [0.1, 0.15) is 0 Å². The molecule has 1 unspecified atom stereocenters. The summed E-state index contributed by atoms with van der Waals surface area (Å²) in [4.78, 5) is 9.92. The summed E-state index contributed by atoms with van der Waals surface area (Å²) < 4.78 is 0.450. The van der Waals surface area contributed by atoms with E-state index in [0.717, 1.165) is 0 Å². The Morgan fingerprint density at radius 2 is 2.12 bits per heavy atom. The van der Waals surface area contributed by atoms with Crippen molar-refractivity contribution in [3.63, 3.8) is 0 Å². The first-order valence-corrected chi connectivity index (χ1v) is 4.38. The lowest BCUT2D eigenvalue weighted by Crippen LogP contribution is -2.12. The Morgan fingerprint density at radius 1 is 1.75 bits per heavy atom. The van der Waals surface area contributed by atoms with Gasteiger partial charge in [0.1, 0.15) is 3.92 Å². The third-order valence-corrected chi connectivity index (χ3v) is 3.94. The predicted molar refractivity (Wildman–Crippen MR) is 54.3 cm³/mol. The molecular formula is C3H7AlI2O2. The molecule has 8 heavy (non-hydrogen) atoms. The van der Waals surface area contributed by atoms with Crippen LogP contribution in [-0.4, -0.2) is 36.8 Å². The van der Waals surface area contributed by atoms with Crippen LogP contribution in [0.3, 0.4) is 0 Å². The topological polar surface area (TPSA) is 37.3 Å². The second-order valence-corrected chi connectivity index (χ2v) is 3.34. The van der Waals surface area contributed by atoms with Crippen LogP contribution in [0.2, 0.25) is 0 Å². The van der Waals surface area contributed by atoms with Crippen LogP contribution in [-0.2, 0) is 4.79 Å². The minimum atomic E-state index is -0.727. The van der Waals surface area contributed by atoms with Crippen molar-refractivity contribution in [1.82, 2.24) is 0 Å². The van der Waals surface area contributed by atoms with Crippen LogP contribution < -0.4 is 0 Å². The molecular weight excluding hydrogens is 349 g/mol. The largest absolute Gasteiger partial charge is 0.480 e. The van der Waals surface area contributed by atoms with Crippen LogP contribution in [0.5, 0.6) is 0 Å². The summed E-state index contributed by atoms with van der Waals surface area (Å²) in [5.74, 6) is -0.727. The Balaban J connectivity index is 0. The smallest absolute Gasteiger partial charge is 0.317 e. The van der Waals surface area contributed by atoms with Crippen molar-refractivity contribution in [2.24, 2.45) is 0 Å². The molecule has 0 radical (unpaired) electrons. The van der Waals surface area contributed by atoms with Crippen molar-refractivity contribution in [1.29, 1.82) is 0 Å². The lowest BCUT2D eigenvalue weighted by Gasteiger charge is -1.93. The zero-order chi connectivity index (χ0) is 5.86. The average Bonchev–Trinajstić information content (AvgIpc) is 1.65. The van der Waals surface area contributed by atoms with Crippen molar-refractivity contribution < 1.29 is 9.90 Å². The number of hydrogen-bond donors (Lipinski definition) is 1. The van der Waals surface area contributed by atoms with E-state index >= 15 is 0 Å². The van der Waals surface area contributed by atoms with Gasteiger partial charge in [-0.25, -0.2) is 0 Å². The van der Waals surface area contributed by atoms with Crippen LogP contribution in [0.25, 0.3) is 0 Å². The lowest BCUT2D eigenvalue weighted by atomic mass is 10.5. The summed E-state index contributed by atoms with van der Waals surface area (Å²) in [5, 5.41) is 8.17. The molecule has 0 fully saturated rings. The van der Waals surface area contributed by atoms with Gasteiger partial charge in [0.2, 0.25) is 0 Å². The molecule has 5 heteroatoms. The molecule has 48 valence electrons. The first-order valence-electron chi connectivity index (χ1n) is 1.61. The SMILES string of the molecule is O=C(O)C(I)CI.[AlH3]. The highest BCUT2D eigenvalue weighted by molar-refractivity contribution is 14.1. The van der Waals surface area contributed by atoms with Crippen LogP contribution in [0.15, 0.2) is 0 Å². The molecule has 0 spiro atoms. The van der Waals surface area contributed by atoms with Crippen LogP contribution in [0, 0.1) is 0 Å². The number of carbonyl (C=O) groups is 1. The highest BCUT2D eigenvalue weighted by Gasteiger charge is 2.08. The summed E-state index contributed by atoms with van der Waals surface area (Å²) in [6.07, 6.45) is 0. The summed E-state index contributed by atoms with van der Waals surface area (Å²) in [7, 11) is 0. The zero-order valence-corrected chi connectivity index (χ0v) is 7.71. The Morgan fingerprint density at radius 3 is 2.12 bits per heavy atom. The van der Waals surface area contributed by atoms with E-state index in [4.69, 9.17) is 5.11 Å². The van der Waals surface area contributed by atoms with Gasteiger partial charge in [0.25, 0.3) is 0 Å². The summed E-state index contributed by atoms with van der Waals surface area (Å²) in [6, 6.07) is 0. The van der Waals surface area contributed by atoms with Gasteiger partial charge in [-0.2, -0.15) is 0 Å². The maximum Gasteiger partial charge on any atom is 0.317 e. The number of rotatable bonds is 2. The monoisotopic (exact) mass is 356 g/mol. The zero-order valence-electron chi connectivity index (χ0n) is 3.40. The van der Waals surface area contributed by atoms with Crippen molar-refractivity contribution >= 4 is 68.5 Å². The van der Waals surface area contributed by atoms with E-state index in [-0.39, 0.29) is 21.3 Å². The van der Waals surface area contributed by atoms with E-state index in [0.29, 0.717) is 4.43 Å². The number of aliphatic carboxylic acids is 1. The molecule has 1 atom stereocenters. The number of alkyl halides is 2. The number of carboxylic acid groups (broad SMARTS) is 1. The molecule has 0 aliphatic carbocycles. The van der Waals surface area contributed by atoms with Crippen molar-refractivity contribution in [2.45, 2.75) is 3.92 Å². The van der Waals surface area contributed by atoms with Gasteiger partial charge in [-0.15, -0.1) is 0 Å². The highest BCUT2D eigenvalue weighted by atomic mass is 127. The van der Waals surface area contributed by atoms with Gasteiger partial charge < -0.3 is 5.11 Å². The molecule has 0 rings (SSSR count). The predicted octanol–water partition coefficient (Wildman–Crippen LogP) is 0.126. The first-order chi connectivity index (χ1) is 3.18. The molecule has 0 saturated heterocycles. The fourth-order valence-electron chi connectivity index (χ4n) is 0.0660. The summed E-state index contributed by atoms with van der Waals surface area (Å²) >= 11 is 3.93. The fraction of sp³-hybridized carbons (Fsp3) is 0.667. The van der Waals surface area contributed by atoms with E-state index in [1.165, 1.54) is 0 Å². The minimum absolute atomic E-state index is 0. The standard InChI is InChI=1S/C3H4I2O2.Al.3H/c4-1-2(5)3(6)7;;;;/h2H,1H2,(H,6,7);;;;. The molecule has 0 aromatic carbocycles. The average molecular weight is 356 g/mol. The molecule has 0 aliphatic rings. The number of hydrogen-bond acceptors (Lipinski definition) is 1. The van der Waals surface area contributed by atoms with Crippen LogP contribution in [0.4, 0.5) is 0 Å². The van der Waals surface area contributed by atoms with Gasteiger partial charge in [0.05, 0.1) is 0 Å². The Bertz CT molecular complexity index is 77.7. The molecule has 0 aromatic rings. The summed E-state index contributed by atoms with van der Waals surface area (Å²) in [6.45, 7) is 0. The van der Waals surface area contributed by atoms with Gasteiger partial charge >= 0.3 is 5.97 Å². The van der Waals surface area contributed by atoms with E-state index in [1.807, 2.05) is 45.2 Å². The van der Waals surface area contributed by atoms with Gasteiger partial charge in [0, 0.05) is 4.43 Å². The Kier molecular flexibility index (Phi) is 10.0. The Labute approximate surface area is 85.8 Å². The van der Waals surface area contributed by atoms with Gasteiger partial charge in [-0.1, -0.05) is 45.2 Å². The van der Waals surface area contributed by atoms with Gasteiger partial charge in [-0.05, 0) is 0 Å². The molecule has 0 aliphatic heterocycles. The highest BCUT2D eigenvalue weighted by Crippen LogP contribution is 2.03. The maximum atomic E-state index is 9.92. The van der Waals surface area contributed by atoms with Crippen molar-refractivity contribution in [2.75, 3.05) is 4.43 Å². The second kappa shape index (κ2) is 6.58. The van der Waals surface area contributed by atoms with Crippen molar-refractivity contribution in [3.8, 4) is 0 Å². The molecule has 0 amide bonds. The summed E-state index contributed by atoms with van der Waals surface area (Å²) in [5.41, 5.74) is 0. The molecule has 0 aromatic heterocycles. The quantitative estimate of drug-likeness (QED) is 0.434. The van der Waals surface area contributed by atoms with Gasteiger partial charge in [-0.3, -0.25) is 4.79 Å². The maximum absolute atomic E-state index is 9.92. The van der Waals surface area contributed by atoms with Crippen molar-refractivity contribution in [3.05, 3.63) is 0 Å². The molecule has 0 saturated carbocycles. The van der Waals surface area contributed by atoms with E-state index in [1.54, 1.807) is 0 Å². The van der Waals surface area contributed by atoms with Gasteiger partial charge in [0.15, 0.2) is 17.4 Å². The normalized spacial score (nSPS) is 11.8. The van der Waals surface area contributed by atoms with E-state index in [2.05, 4.69) is 0 Å². The third kappa shape index (κ3) is 5.60. The molecule has 0 heterocycles. The number of carboxylic acids is 1. The third-order valence-electron chi connectivity index (χ3n) is 0.403. The number of halogens is 2. The fourth-order valence-corrected chi connectivity index (χ4v) is 0.443. The van der Waals surface area contributed by atoms with E-state index in [9.17, 15) is 4.79 Å². The first kappa shape index (κ1) is 12.2. The van der Waals surface area contributed by atoms with E-state index < -0.39 is 5.97 Å².